The van der Waals surface area contributed by atoms with E-state index < -0.39 is 6.04 Å². The van der Waals surface area contributed by atoms with Crippen LogP contribution in [0.15, 0.2) is 28.7 Å². The van der Waals surface area contributed by atoms with Gasteiger partial charge in [0.25, 0.3) is 0 Å². The number of rotatable bonds is 4. The Labute approximate surface area is 105 Å². The first-order valence-electron chi connectivity index (χ1n) is 5.26. The van der Waals surface area contributed by atoms with Crippen LogP contribution in [0.1, 0.15) is 12.5 Å². The molecule has 1 unspecified atom stereocenters. The summed E-state index contributed by atoms with van der Waals surface area (Å²) in [5.74, 6) is -0.0212. The van der Waals surface area contributed by atoms with Gasteiger partial charge in [0.2, 0.25) is 5.91 Å². The lowest BCUT2D eigenvalue weighted by Gasteiger charge is -2.19. The molecule has 3 nitrogen and oxygen atoms in total. The molecule has 4 heteroatoms. The largest absolute Gasteiger partial charge is 0.344 e. The molecule has 16 heavy (non-hydrogen) atoms. The molecule has 0 aliphatic carbocycles. The molecule has 1 aromatic rings. The zero-order chi connectivity index (χ0) is 12.1. The molecule has 0 saturated heterocycles. The van der Waals surface area contributed by atoms with Gasteiger partial charge in [0.15, 0.2) is 0 Å². The van der Waals surface area contributed by atoms with Gasteiger partial charge in [-0.3, -0.25) is 4.79 Å². The summed E-state index contributed by atoms with van der Waals surface area (Å²) in [7, 11) is 1.78. The van der Waals surface area contributed by atoms with E-state index in [0.29, 0.717) is 6.54 Å². The van der Waals surface area contributed by atoms with E-state index in [-0.39, 0.29) is 5.91 Å². The molecule has 0 aliphatic rings. The van der Waals surface area contributed by atoms with E-state index in [2.05, 4.69) is 15.9 Å². The second-order valence-corrected chi connectivity index (χ2v) is 4.74. The number of hydrogen-bond donors (Lipinski definition) is 1. The predicted molar refractivity (Wildman–Crippen MR) is 69.1 cm³/mol. The van der Waals surface area contributed by atoms with E-state index in [4.69, 9.17) is 5.73 Å². The Bertz CT molecular complexity index is 366. The Hall–Kier alpha value is -0.870. The van der Waals surface area contributed by atoms with Gasteiger partial charge in [0.1, 0.15) is 0 Å². The van der Waals surface area contributed by atoms with Crippen molar-refractivity contribution in [1.29, 1.82) is 0 Å². The second kappa shape index (κ2) is 6.01. The highest BCUT2D eigenvalue weighted by atomic mass is 79.9. The van der Waals surface area contributed by atoms with Crippen LogP contribution in [0, 0.1) is 0 Å². The Kier molecular flexibility index (Phi) is 4.96. The van der Waals surface area contributed by atoms with Crippen LogP contribution >= 0.6 is 15.9 Å². The monoisotopic (exact) mass is 284 g/mol. The third kappa shape index (κ3) is 3.61. The number of carbonyl (C=O) groups is 1. The van der Waals surface area contributed by atoms with E-state index in [9.17, 15) is 4.79 Å². The highest BCUT2D eigenvalue weighted by Gasteiger charge is 2.13. The molecule has 0 aliphatic heterocycles. The number of benzene rings is 1. The Morgan fingerprint density at radius 3 is 2.69 bits per heavy atom. The molecule has 0 heterocycles. The van der Waals surface area contributed by atoms with Gasteiger partial charge in [-0.25, -0.2) is 0 Å². The summed E-state index contributed by atoms with van der Waals surface area (Å²) in [5.41, 5.74) is 6.74. The van der Waals surface area contributed by atoms with Crippen molar-refractivity contribution in [2.75, 3.05) is 13.6 Å². The minimum Gasteiger partial charge on any atom is -0.344 e. The summed E-state index contributed by atoms with van der Waals surface area (Å²) in [6.07, 6.45) is 0.830. The number of hydrogen-bond acceptors (Lipinski definition) is 2. The maximum absolute atomic E-state index is 11.5. The summed E-state index contributed by atoms with van der Waals surface area (Å²) >= 11 is 3.48. The van der Waals surface area contributed by atoms with Crippen LogP contribution in [0.2, 0.25) is 0 Å². The van der Waals surface area contributed by atoms with Gasteiger partial charge in [-0.05, 0) is 25.0 Å². The molecule has 0 bridgehead atoms. The lowest BCUT2D eigenvalue weighted by molar-refractivity contribution is -0.130. The van der Waals surface area contributed by atoms with Gasteiger partial charge < -0.3 is 10.6 Å². The van der Waals surface area contributed by atoms with E-state index in [1.807, 2.05) is 24.3 Å². The maximum Gasteiger partial charge on any atom is 0.238 e. The summed E-state index contributed by atoms with van der Waals surface area (Å²) in [4.78, 5) is 13.2. The normalized spacial score (nSPS) is 12.2. The first-order chi connectivity index (χ1) is 7.52. The summed E-state index contributed by atoms with van der Waals surface area (Å²) in [5, 5.41) is 0. The van der Waals surface area contributed by atoms with Crippen LogP contribution in [0.25, 0.3) is 0 Å². The van der Waals surface area contributed by atoms with Crippen LogP contribution in [0.3, 0.4) is 0 Å². The Morgan fingerprint density at radius 2 is 2.12 bits per heavy atom. The van der Waals surface area contributed by atoms with Gasteiger partial charge in [-0.15, -0.1) is 0 Å². The van der Waals surface area contributed by atoms with Crippen molar-refractivity contribution < 1.29 is 4.79 Å². The molecule has 1 atom stereocenters. The van der Waals surface area contributed by atoms with Crippen LogP contribution in [-0.2, 0) is 11.2 Å². The third-order valence-electron chi connectivity index (χ3n) is 2.44. The SMILES string of the molecule is CC(N)C(=O)N(C)CCc1ccccc1Br. The standard InChI is InChI=1S/C12H17BrN2O/c1-9(14)12(16)15(2)8-7-10-5-3-4-6-11(10)13/h3-6,9H,7-8,14H2,1-2H3. The zero-order valence-corrected chi connectivity index (χ0v) is 11.2. The van der Waals surface area contributed by atoms with Gasteiger partial charge in [-0.1, -0.05) is 34.1 Å². The van der Waals surface area contributed by atoms with Crippen molar-refractivity contribution in [3.8, 4) is 0 Å². The van der Waals surface area contributed by atoms with Crippen LogP contribution in [-0.4, -0.2) is 30.4 Å². The number of amides is 1. The first kappa shape index (κ1) is 13.2. The quantitative estimate of drug-likeness (QED) is 0.917. The van der Waals surface area contributed by atoms with E-state index >= 15 is 0 Å². The van der Waals surface area contributed by atoms with E-state index in [1.54, 1.807) is 18.9 Å². The van der Waals surface area contributed by atoms with Crippen molar-refractivity contribution in [1.82, 2.24) is 4.90 Å². The second-order valence-electron chi connectivity index (χ2n) is 3.89. The fourth-order valence-corrected chi connectivity index (χ4v) is 1.93. The van der Waals surface area contributed by atoms with E-state index in [1.165, 1.54) is 5.56 Å². The number of halogens is 1. The van der Waals surface area contributed by atoms with Crippen LogP contribution in [0.5, 0.6) is 0 Å². The first-order valence-corrected chi connectivity index (χ1v) is 6.05. The van der Waals surface area contributed by atoms with Gasteiger partial charge in [-0.2, -0.15) is 0 Å². The average molecular weight is 285 g/mol. The molecule has 1 aromatic carbocycles. The number of likely N-dealkylation sites (N-methyl/N-ethyl adjacent to an activating group) is 1. The number of nitrogens with two attached hydrogens (primary N) is 1. The van der Waals surface area contributed by atoms with Crippen molar-refractivity contribution >= 4 is 21.8 Å². The molecule has 0 radical (unpaired) electrons. The van der Waals surface area contributed by atoms with Crippen molar-refractivity contribution in [2.45, 2.75) is 19.4 Å². The van der Waals surface area contributed by atoms with Crippen molar-refractivity contribution in [3.63, 3.8) is 0 Å². The number of carbonyl (C=O) groups excluding carboxylic acids is 1. The summed E-state index contributed by atoms with van der Waals surface area (Å²) < 4.78 is 1.08. The number of nitrogens with zero attached hydrogens (tertiary/aromatic N) is 1. The molecule has 0 saturated carbocycles. The Balaban J connectivity index is 2.52. The fraction of sp³-hybridized carbons (Fsp3) is 0.417. The molecular weight excluding hydrogens is 268 g/mol. The van der Waals surface area contributed by atoms with Crippen LogP contribution < -0.4 is 5.73 Å². The van der Waals surface area contributed by atoms with Crippen molar-refractivity contribution in [2.24, 2.45) is 5.73 Å². The lowest BCUT2D eigenvalue weighted by Crippen LogP contribution is -2.40. The smallest absolute Gasteiger partial charge is 0.238 e. The molecule has 0 fully saturated rings. The molecule has 1 rings (SSSR count). The Morgan fingerprint density at radius 1 is 1.50 bits per heavy atom. The topological polar surface area (TPSA) is 46.3 Å². The van der Waals surface area contributed by atoms with Gasteiger partial charge in [0.05, 0.1) is 6.04 Å². The van der Waals surface area contributed by atoms with Crippen molar-refractivity contribution in [3.05, 3.63) is 34.3 Å². The molecule has 0 spiro atoms. The van der Waals surface area contributed by atoms with E-state index in [0.717, 1.165) is 10.9 Å². The van der Waals surface area contributed by atoms with Crippen LogP contribution in [0.4, 0.5) is 0 Å². The third-order valence-corrected chi connectivity index (χ3v) is 3.21. The minimum absolute atomic E-state index is 0.0212. The molecule has 88 valence electrons. The lowest BCUT2D eigenvalue weighted by atomic mass is 10.1. The molecule has 1 amide bonds. The average Bonchev–Trinajstić information content (AvgIpc) is 2.26. The highest BCUT2D eigenvalue weighted by molar-refractivity contribution is 9.10. The summed E-state index contributed by atoms with van der Waals surface area (Å²) in [6, 6.07) is 7.60. The van der Waals surface area contributed by atoms with Gasteiger partial charge in [0, 0.05) is 18.1 Å². The fourth-order valence-electron chi connectivity index (χ4n) is 1.45. The molecule has 0 aromatic heterocycles. The summed E-state index contributed by atoms with van der Waals surface area (Å²) in [6.45, 7) is 2.39. The zero-order valence-electron chi connectivity index (χ0n) is 9.61. The highest BCUT2D eigenvalue weighted by Crippen LogP contribution is 2.16. The molecule has 2 N–H and O–H groups in total. The molecular formula is C12H17BrN2O. The maximum atomic E-state index is 11.5. The predicted octanol–water partition coefficient (Wildman–Crippen LogP) is 1.80. The van der Waals surface area contributed by atoms with Gasteiger partial charge >= 0.3 is 0 Å². The minimum atomic E-state index is -0.427.